The lowest BCUT2D eigenvalue weighted by molar-refractivity contribution is 0.0496. The number of nitrogens with one attached hydrogen (secondary N) is 1. The lowest BCUT2D eigenvalue weighted by Crippen LogP contribution is -2.35. The Morgan fingerprint density at radius 3 is 2.05 bits per heavy atom. The molecule has 0 aliphatic rings. The molecule has 0 saturated carbocycles. The summed E-state index contributed by atoms with van der Waals surface area (Å²) in [5.74, 6) is -0.193. The van der Waals surface area contributed by atoms with Crippen LogP contribution in [-0.2, 0) is 6.54 Å². The Labute approximate surface area is 130 Å². The molecule has 0 amide bonds. The van der Waals surface area contributed by atoms with Crippen molar-refractivity contribution in [1.29, 1.82) is 0 Å². The minimum Gasteiger partial charge on any atom is -0.396 e. The van der Waals surface area contributed by atoms with Crippen LogP contribution < -0.4 is 5.32 Å². The van der Waals surface area contributed by atoms with Gasteiger partial charge in [0.2, 0.25) is 0 Å². The third-order valence-corrected chi connectivity index (χ3v) is 4.20. The van der Waals surface area contributed by atoms with Gasteiger partial charge in [0.15, 0.2) is 0 Å². The number of fused-ring (bicyclic) bond motifs is 2. The molecule has 0 aliphatic carbocycles. The van der Waals surface area contributed by atoms with E-state index in [4.69, 9.17) is 5.11 Å². The molecule has 3 heteroatoms. The predicted molar refractivity (Wildman–Crippen MR) is 90.6 cm³/mol. The summed E-state index contributed by atoms with van der Waals surface area (Å²) in [6.45, 7) is 2.34. The zero-order valence-electron chi connectivity index (χ0n) is 12.7. The SMILES string of the molecule is CC(CO)C(O)NCc1c2ccccc2cc2ccccc12. The van der Waals surface area contributed by atoms with Gasteiger partial charge in [0.05, 0.1) is 0 Å². The largest absolute Gasteiger partial charge is 0.396 e. The summed E-state index contributed by atoms with van der Waals surface area (Å²) in [6, 6.07) is 18.8. The van der Waals surface area contributed by atoms with Gasteiger partial charge in [0, 0.05) is 19.1 Å². The van der Waals surface area contributed by atoms with Crippen LogP contribution in [0.3, 0.4) is 0 Å². The fourth-order valence-electron chi connectivity index (χ4n) is 2.81. The van der Waals surface area contributed by atoms with Crippen LogP contribution in [0.2, 0.25) is 0 Å². The molecule has 0 aliphatic heterocycles. The van der Waals surface area contributed by atoms with E-state index in [-0.39, 0.29) is 12.5 Å². The summed E-state index contributed by atoms with van der Waals surface area (Å²) in [5.41, 5.74) is 1.18. The summed E-state index contributed by atoms with van der Waals surface area (Å²) in [4.78, 5) is 0. The first-order valence-electron chi connectivity index (χ1n) is 7.62. The van der Waals surface area contributed by atoms with E-state index < -0.39 is 6.23 Å². The van der Waals surface area contributed by atoms with Gasteiger partial charge in [-0.1, -0.05) is 55.5 Å². The fourth-order valence-corrected chi connectivity index (χ4v) is 2.81. The highest BCUT2D eigenvalue weighted by molar-refractivity contribution is 6.02. The Morgan fingerprint density at radius 1 is 0.955 bits per heavy atom. The Hall–Kier alpha value is -1.94. The van der Waals surface area contributed by atoms with E-state index in [2.05, 4.69) is 35.6 Å². The maximum absolute atomic E-state index is 10.1. The summed E-state index contributed by atoms with van der Waals surface area (Å²) >= 11 is 0. The number of hydrogen-bond donors (Lipinski definition) is 3. The Morgan fingerprint density at radius 2 is 1.50 bits per heavy atom. The molecule has 0 heterocycles. The molecule has 114 valence electrons. The number of hydrogen-bond acceptors (Lipinski definition) is 3. The average molecular weight is 295 g/mol. The van der Waals surface area contributed by atoms with Crippen LogP contribution in [0.4, 0.5) is 0 Å². The normalized spacial score (nSPS) is 14.3. The Bertz CT molecular complexity index is 731. The molecular formula is C19H21NO2. The summed E-state index contributed by atoms with van der Waals surface area (Å²) < 4.78 is 0. The quantitative estimate of drug-likeness (QED) is 0.501. The molecule has 0 radical (unpaired) electrons. The monoisotopic (exact) mass is 295 g/mol. The van der Waals surface area contributed by atoms with Crippen LogP contribution >= 0.6 is 0 Å². The third-order valence-electron chi connectivity index (χ3n) is 4.20. The highest BCUT2D eigenvalue weighted by Gasteiger charge is 2.14. The first-order chi connectivity index (χ1) is 10.7. The van der Waals surface area contributed by atoms with Crippen molar-refractivity contribution in [2.24, 2.45) is 5.92 Å². The van der Waals surface area contributed by atoms with Gasteiger partial charge in [-0.15, -0.1) is 0 Å². The first-order valence-corrected chi connectivity index (χ1v) is 7.62. The number of aliphatic hydroxyl groups is 2. The van der Waals surface area contributed by atoms with E-state index in [1.807, 2.05) is 31.2 Å². The van der Waals surface area contributed by atoms with Gasteiger partial charge in [-0.3, -0.25) is 5.32 Å². The molecule has 3 aromatic carbocycles. The van der Waals surface area contributed by atoms with Gasteiger partial charge < -0.3 is 10.2 Å². The number of benzene rings is 3. The van der Waals surface area contributed by atoms with Crippen LogP contribution in [0, 0.1) is 5.92 Å². The van der Waals surface area contributed by atoms with Crippen molar-refractivity contribution < 1.29 is 10.2 Å². The summed E-state index contributed by atoms with van der Waals surface area (Å²) in [5, 5.41) is 27.1. The van der Waals surface area contributed by atoms with Crippen LogP contribution in [0.15, 0.2) is 54.6 Å². The third kappa shape index (κ3) is 2.83. The molecule has 3 nitrogen and oxygen atoms in total. The maximum atomic E-state index is 10.1. The van der Waals surface area contributed by atoms with E-state index in [1.54, 1.807) is 0 Å². The molecule has 0 bridgehead atoms. The van der Waals surface area contributed by atoms with Crippen molar-refractivity contribution in [2.45, 2.75) is 19.7 Å². The van der Waals surface area contributed by atoms with Crippen LogP contribution in [0.25, 0.3) is 21.5 Å². The standard InChI is InChI=1S/C19H21NO2/c1-13(12-21)19(22)20-11-18-16-8-4-2-6-14(16)10-15-7-3-5-9-17(15)18/h2-10,13,19-22H,11-12H2,1H3. The fraction of sp³-hybridized carbons (Fsp3) is 0.263. The lowest BCUT2D eigenvalue weighted by Gasteiger charge is -2.19. The van der Waals surface area contributed by atoms with Crippen molar-refractivity contribution in [1.82, 2.24) is 5.32 Å². The van der Waals surface area contributed by atoms with Crippen molar-refractivity contribution in [2.75, 3.05) is 6.61 Å². The van der Waals surface area contributed by atoms with E-state index in [0.717, 1.165) is 0 Å². The molecule has 0 aromatic heterocycles. The van der Waals surface area contributed by atoms with Crippen LogP contribution in [0.1, 0.15) is 12.5 Å². The van der Waals surface area contributed by atoms with Crippen LogP contribution in [0.5, 0.6) is 0 Å². The smallest absolute Gasteiger partial charge is 0.109 e. The molecule has 2 atom stereocenters. The second-order valence-electron chi connectivity index (χ2n) is 5.78. The lowest BCUT2D eigenvalue weighted by atomic mass is 9.96. The topological polar surface area (TPSA) is 52.5 Å². The molecule has 0 fully saturated rings. The predicted octanol–water partition coefficient (Wildman–Crippen LogP) is 3.03. The van der Waals surface area contributed by atoms with Gasteiger partial charge in [-0.25, -0.2) is 0 Å². The molecule has 3 rings (SSSR count). The minimum absolute atomic E-state index is 0.0373. The Balaban J connectivity index is 2.04. The van der Waals surface area contributed by atoms with Gasteiger partial charge in [-0.2, -0.15) is 0 Å². The Kier molecular flexibility index (Phi) is 4.39. The van der Waals surface area contributed by atoms with E-state index >= 15 is 0 Å². The van der Waals surface area contributed by atoms with Crippen molar-refractivity contribution in [3.05, 3.63) is 60.2 Å². The molecule has 2 unspecified atom stereocenters. The summed E-state index contributed by atoms with van der Waals surface area (Å²) in [6.07, 6.45) is -0.720. The maximum Gasteiger partial charge on any atom is 0.109 e. The molecule has 3 N–H and O–H groups in total. The van der Waals surface area contributed by atoms with Crippen molar-refractivity contribution >= 4 is 21.5 Å². The molecule has 22 heavy (non-hydrogen) atoms. The zero-order chi connectivity index (χ0) is 15.5. The van der Waals surface area contributed by atoms with Gasteiger partial charge in [0.25, 0.3) is 0 Å². The highest BCUT2D eigenvalue weighted by Crippen LogP contribution is 2.28. The first kappa shape index (κ1) is 15.0. The van der Waals surface area contributed by atoms with E-state index in [1.165, 1.54) is 27.1 Å². The summed E-state index contributed by atoms with van der Waals surface area (Å²) in [7, 11) is 0. The van der Waals surface area contributed by atoms with E-state index in [0.29, 0.717) is 6.54 Å². The molecular weight excluding hydrogens is 274 g/mol. The van der Waals surface area contributed by atoms with E-state index in [9.17, 15) is 5.11 Å². The molecule has 3 aromatic rings. The highest BCUT2D eigenvalue weighted by atomic mass is 16.3. The van der Waals surface area contributed by atoms with Gasteiger partial charge >= 0.3 is 0 Å². The number of rotatable bonds is 5. The van der Waals surface area contributed by atoms with Crippen molar-refractivity contribution in [3.8, 4) is 0 Å². The minimum atomic E-state index is -0.720. The van der Waals surface area contributed by atoms with Crippen molar-refractivity contribution in [3.63, 3.8) is 0 Å². The molecule has 0 saturated heterocycles. The van der Waals surface area contributed by atoms with Gasteiger partial charge in [-0.05, 0) is 33.2 Å². The zero-order valence-corrected chi connectivity index (χ0v) is 12.7. The number of aliphatic hydroxyl groups excluding tert-OH is 2. The van der Waals surface area contributed by atoms with Gasteiger partial charge in [0.1, 0.15) is 6.23 Å². The second-order valence-corrected chi connectivity index (χ2v) is 5.78. The molecule has 0 spiro atoms. The van der Waals surface area contributed by atoms with Crippen LogP contribution in [-0.4, -0.2) is 23.0 Å². The second kappa shape index (κ2) is 6.44. The average Bonchev–Trinajstić information content (AvgIpc) is 2.57.